The summed E-state index contributed by atoms with van der Waals surface area (Å²) < 4.78 is 30.9. The van der Waals surface area contributed by atoms with Crippen molar-refractivity contribution in [2.75, 3.05) is 0 Å². The first-order valence-electron chi connectivity index (χ1n) is 4.24. The molecule has 1 aliphatic heterocycles. The number of halogens is 2. The highest BCUT2D eigenvalue weighted by molar-refractivity contribution is 5.92. The molecular formula is C10H8F2O2. The van der Waals surface area contributed by atoms with Crippen molar-refractivity contribution in [3.8, 4) is 0 Å². The number of rotatable bonds is 0. The highest BCUT2D eigenvalue weighted by Gasteiger charge is 2.32. The second kappa shape index (κ2) is 3.04. The van der Waals surface area contributed by atoms with Crippen LogP contribution in [-0.4, -0.2) is 12.1 Å². The minimum absolute atomic E-state index is 0.0180. The number of carbonyl (C=O) groups is 1. The molecule has 0 amide bonds. The van der Waals surface area contributed by atoms with Gasteiger partial charge in [0, 0.05) is 5.56 Å². The molecule has 1 aromatic carbocycles. The highest BCUT2D eigenvalue weighted by atomic mass is 19.1. The van der Waals surface area contributed by atoms with Gasteiger partial charge in [-0.2, -0.15) is 0 Å². The number of carbonyl (C=O) groups excluding carboxylic acids is 1. The topological polar surface area (TPSA) is 26.3 Å². The van der Waals surface area contributed by atoms with Crippen LogP contribution < -0.4 is 0 Å². The molecule has 0 aromatic heterocycles. The Balaban J connectivity index is 2.56. The molecule has 14 heavy (non-hydrogen) atoms. The van der Waals surface area contributed by atoms with Gasteiger partial charge in [-0.1, -0.05) is 6.07 Å². The van der Waals surface area contributed by atoms with Crippen molar-refractivity contribution in [3.63, 3.8) is 0 Å². The molecule has 2 atom stereocenters. The van der Waals surface area contributed by atoms with Gasteiger partial charge in [-0.25, -0.2) is 13.6 Å². The zero-order valence-corrected chi connectivity index (χ0v) is 7.46. The predicted molar refractivity (Wildman–Crippen MR) is 45.1 cm³/mol. The van der Waals surface area contributed by atoms with E-state index in [1.54, 1.807) is 0 Å². The van der Waals surface area contributed by atoms with Crippen molar-refractivity contribution in [2.24, 2.45) is 0 Å². The Labute approximate surface area is 79.5 Å². The third kappa shape index (κ3) is 1.27. The quantitative estimate of drug-likeness (QED) is 0.598. The Bertz CT molecular complexity index is 390. The average Bonchev–Trinajstić information content (AvgIpc) is 2.14. The van der Waals surface area contributed by atoms with E-state index in [2.05, 4.69) is 0 Å². The maximum atomic E-state index is 13.5. The lowest BCUT2D eigenvalue weighted by molar-refractivity contribution is 0.00393. The second-order valence-electron chi connectivity index (χ2n) is 3.24. The SMILES string of the molecule is C[C@@H]1OC(=O)c2cc(F)ccc2[C@@H]1F. The number of alkyl halides is 1. The van der Waals surface area contributed by atoms with Gasteiger partial charge in [0.1, 0.15) is 11.9 Å². The van der Waals surface area contributed by atoms with E-state index in [9.17, 15) is 13.6 Å². The molecule has 0 spiro atoms. The molecule has 4 heteroatoms. The first-order chi connectivity index (χ1) is 6.59. The van der Waals surface area contributed by atoms with Crippen molar-refractivity contribution in [3.05, 3.63) is 35.1 Å². The maximum Gasteiger partial charge on any atom is 0.339 e. The lowest BCUT2D eigenvalue weighted by Crippen LogP contribution is -2.27. The highest BCUT2D eigenvalue weighted by Crippen LogP contribution is 2.32. The van der Waals surface area contributed by atoms with Crippen LogP contribution in [0.1, 0.15) is 29.0 Å². The molecule has 0 N–H and O–H groups in total. The maximum absolute atomic E-state index is 13.5. The molecule has 74 valence electrons. The predicted octanol–water partition coefficient (Wildman–Crippen LogP) is 2.40. The van der Waals surface area contributed by atoms with E-state index >= 15 is 0 Å². The Morgan fingerprint density at radius 2 is 2.14 bits per heavy atom. The van der Waals surface area contributed by atoms with Crippen molar-refractivity contribution in [1.29, 1.82) is 0 Å². The molecule has 0 bridgehead atoms. The van der Waals surface area contributed by atoms with Crippen LogP contribution in [0.2, 0.25) is 0 Å². The monoisotopic (exact) mass is 198 g/mol. The van der Waals surface area contributed by atoms with Crippen molar-refractivity contribution in [2.45, 2.75) is 19.2 Å². The minimum atomic E-state index is -1.37. The zero-order valence-electron chi connectivity index (χ0n) is 7.46. The largest absolute Gasteiger partial charge is 0.456 e. The van der Waals surface area contributed by atoms with Crippen LogP contribution >= 0.6 is 0 Å². The lowest BCUT2D eigenvalue weighted by Gasteiger charge is -2.25. The molecule has 0 aliphatic carbocycles. The van der Waals surface area contributed by atoms with E-state index in [-0.39, 0.29) is 11.1 Å². The first kappa shape index (κ1) is 9.12. The summed E-state index contributed by atoms with van der Waals surface area (Å²) in [6, 6.07) is 3.42. The number of benzene rings is 1. The second-order valence-corrected chi connectivity index (χ2v) is 3.24. The molecule has 0 fully saturated rings. The number of esters is 1. The van der Waals surface area contributed by atoms with E-state index in [0.717, 1.165) is 12.1 Å². The number of hydrogen-bond donors (Lipinski definition) is 0. The number of hydrogen-bond acceptors (Lipinski definition) is 2. The van der Waals surface area contributed by atoms with Crippen LogP contribution in [-0.2, 0) is 4.74 Å². The average molecular weight is 198 g/mol. The summed E-state index contributed by atoms with van der Waals surface area (Å²) >= 11 is 0. The number of cyclic esters (lactones) is 1. The smallest absolute Gasteiger partial charge is 0.339 e. The van der Waals surface area contributed by atoms with Gasteiger partial charge in [0.05, 0.1) is 5.56 Å². The summed E-state index contributed by atoms with van der Waals surface area (Å²) in [5.74, 6) is -1.23. The van der Waals surface area contributed by atoms with Crippen LogP contribution in [0.4, 0.5) is 8.78 Å². The van der Waals surface area contributed by atoms with Gasteiger partial charge < -0.3 is 4.74 Å². The fourth-order valence-electron chi connectivity index (χ4n) is 1.49. The molecule has 2 nitrogen and oxygen atoms in total. The van der Waals surface area contributed by atoms with Crippen molar-refractivity contribution >= 4 is 5.97 Å². The van der Waals surface area contributed by atoms with E-state index in [4.69, 9.17) is 4.74 Å². The standard InChI is InChI=1S/C10H8F2O2/c1-5-9(12)7-3-2-6(11)4-8(7)10(13)14-5/h2-5,9H,1H3/t5-,9+/m0/s1. The van der Waals surface area contributed by atoms with Crippen molar-refractivity contribution in [1.82, 2.24) is 0 Å². The van der Waals surface area contributed by atoms with Crippen LogP contribution in [0.5, 0.6) is 0 Å². The van der Waals surface area contributed by atoms with Gasteiger partial charge in [0.25, 0.3) is 0 Å². The third-order valence-electron chi connectivity index (χ3n) is 2.24. The van der Waals surface area contributed by atoms with Gasteiger partial charge in [0.2, 0.25) is 0 Å². The molecule has 0 radical (unpaired) electrons. The van der Waals surface area contributed by atoms with Gasteiger partial charge in [-0.05, 0) is 19.1 Å². The van der Waals surface area contributed by atoms with Gasteiger partial charge in [0.15, 0.2) is 6.17 Å². The summed E-state index contributed by atoms with van der Waals surface area (Å²) in [6.45, 7) is 1.47. The van der Waals surface area contributed by atoms with Crippen LogP contribution in [0.3, 0.4) is 0 Å². The number of fused-ring (bicyclic) bond motifs is 1. The van der Waals surface area contributed by atoms with Crippen LogP contribution in [0, 0.1) is 5.82 Å². The Kier molecular flexibility index (Phi) is 1.98. The third-order valence-corrected chi connectivity index (χ3v) is 2.24. The van der Waals surface area contributed by atoms with Crippen LogP contribution in [0.15, 0.2) is 18.2 Å². The fraction of sp³-hybridized carbons (Fsp3) is 0.300. The van der Waals surface area contributed by atoms with E-state index < -0.39 is 24.1 Å². The van der Waals surface area contributed by atoms with Gasteiger partial charge in [-0.3, -0.25) is 0 Å². The zero-order chi connectivity index (χ0) is 10.3. The van der Waals surface area contributed by atoms with Gasteiger partial charge >= 0.3 is 5.97 Å². The first-order valence-corrected chi connectivity index (χ1v) is 4.24. The molecule has 2 rings (SSSR count). The van der Waals surface area contributed by atoms with Gasteiger partial charge in [-0.15, -0.1) is 0 Å². The molecular weight excluding hydrogens is 190 g/mol. The Morgan fingerprint density at radius 3 is 2.86 bits per heavy atom. The summed E-state index contributed by atoms with van der Waals surface area (Å²) in [5.41, 5.74) is 0.186. The molecule has 0 saturated carbocycles. The lowest BCUT2D eigenvalue weighted by atomic mass is 9.97. The summed E-state index contributed by atoms with van der Waals surface area (Å²) in [4.78, 5) is 11.2. The normalized spacial score (nSPS) is 25.5. The van der Waals surface area contributed by atoms with Crippen molar-refractivity contribution < 1.29 is 18.3 Å². The van der Waals surface area contributed by atoms with Crippen LogP contribution in [0.25, 0.3) is 0 Å². The summed E-state index contributed by atoms with van der Waals surface area (Å²) in [7, 11) is 0. The molecule has 0 saturated heterocycles. The number of ether oxygens (including phenoxy) is 1. The fourth-order valence-corrected chi connectivity index (χ4v) is 1.49. The van der Waals surface area contributed by atoms with E-state index in [1.165, 1.54) is 13.0 Å². The Morgan fingerprint density at radius 1 is 1.43 bits per heavy atom. The minimum Gasteiger partial charge on any atom is -0.456 e. The molecule has 0 unspecified atom stereocenters. The Hall–Kier alpha value is -1.45. The van der Waals surface area contributed by atoms with E-state index in [0.29, 0.717) is 0 Å². The summed E-state index contributed by atoms with van der Waals surface area (Å²) in [6.07, 6.45) is -2.18. The van der Waals surface area contributed by atoms with E-state index in [1.807, 2.05) is 0 Å². The molecule has 1 aliphatic rings. The molecule has 1 aromatic rings. The molecule has 1 heterocycles. The summed E-state index contributed by atoms with van der Waals surface area (Å²) in [5, 5.41) is 0.